The summed E-state index contributed by atoms with van der Waals surface area (Å²) in [7, 11) is 0. The zero-order valence-electron chi connectivity index (χ0n) is 15.8. The minimum absolute atomic E-state index is 0.111. The molecule has 0 aliphatic carbocycles. The molecule has 2 aromatic heterocycles. The van der Waals surface area contributed by atoms with Gasteiger partial charge in [-0.15, -0.1) is 11.3 Å². The first-order chi connectivity index (χ1) is 14.3. The van der Waals surface area contributed by atoms with E-state index in [1.807, 2.05) is 35.7 Å². The predicted octanol–water partition coefficient (Wildman–Crippen LogP) is 4.07. The molecule has 29 heavy (non-hydrogen) atoms. The third-order valence-electron chi connectivity index (χ3n) is 4.40. The summed E-state index contributed by atoms with van der Waals surface area (Å²) in [6, 6.07) is 9.52. The van der Waals surface area contributed by atoms with Crippen LogP contribution < -0.4 is 14.8 Å². The number of unbranched alkanes of at least 4 members (excludes halogenated alkanes) is 2. The Bertz CT molecular complexity index is 982. The van der Waals surface area contributed by atoms with Crippen LogP contribution in [0.3, 0.4) is 0 Å². The maximum absolute atomic E-state index is 11.9. The van der Waals surface area contributed by atoms with Gasteiger partial charge < -0.3 is 19.3 Å². The monoisotopic (exact) mass is 411 g/mol. The molecule has 7 nitrogen and oxygen atoms in total. The van der Waals surface area contributed by atoms with E-state index in [4.69, 9.17) is 14.0 Å². The Morgan fingerprint density at radius 2 is 2.10 bits per heavy atom. The van der Waals surface area contributed by atoms with Crippen LogP contribution in [0.2, 0.25) is 0 Å². The van der Waals surface area contributed by atoms with Gasteiger partial charge in [-0.2, -0.15) is 4.98 Å². The highest BCUT2D eigenvalue weighted by Crippen LogP contribution is 2.32. The van der Waals surface area contributed by atoms with Crippen molar-refractivity contribution in [3.8, 4) is 22.2 Å². The largest absolute Gasteiger partial charge is 0.454 e. The first kappa shape index (κ1) is 19.2. The molecule has 3 heterocycles. The molecule has 0 unspecified atom stereocenters. The molecular formula is C21H21N3O4S. The van der Waals surface area contributed by atoms with Crippen LogP contribution in [0, 0.1) is 0 Å². The van der Waals surface area contributed by atoms with E-state index < -0.39 is 0 Å². The Hall–Kier alpha value is -3.13. The van der Waals surface area contributed by atoms with Crippen LogP contribution in [0.4, 0.5) is 0 Å². The average Bonchev–Trinajstić information content (AvgIpc) is 3.49. The predicted molar refractivity (Wildman–Crippen MR) is 110 cm³/mol. The minimum atomic E-state index is -0.111. The number of thiophene rings is 1. The number of nitrogens with one attached hydrogen (secondary N) is 1. The number of aromatic nitrogens is 2. The normalized spacial score (nSPS) is 12.6. The van der Waals surface area contributed by atoms with Gasteiger partial charge >= 0.3 is 0 Å². The third-order valence-corrected chi connectivity index (χ3v) is 5.27. The van der Waals surface area contributed by atoms with Gasteiger partial charge in [0.05, 0.1) is 4.88 Å². The minimum Gasteiger partial charge on any atom is -0.454 e. The second-order valence-electron chi connectivity index (χ2n) is 6.54. The van der Waals surface area contributed by atoms with Gasteiger partial charge in [0.15, 0.2) is 11.5 Å². The number of hydrogen-bond donors (Lipinski definition) is 1. The number of ether oxygens (including phenoxy) is 2. The van der Waals surface area contributed by atoms with Gasteiger partial charge in [-0.05, 0) is 48.1 Å². The SMILES string of the molecule is O=C(C=Cc1ccc2c(c1)OCO2)NCCCCCc1nc(-c2cccs2)no1. The van der Waals surface area contributed by atoms with Crippen LogP contribution in [0.25, 0.3) is 16.8 Å². The van der Waals surface area contributed by atoms with Gasteiger partial charge in [0.2, 0.25) is 24.4 Å². The van der Waals surface area contributed by atoms with E-state index in [-0.39, 0.29) is 12.7 Å². The van der Waals surface area contributed by atoms with Crippen molar-refractivity contribution >= 4 is 23.3 Å². The molecule has 0 fully saturated rings. The van der Waals surface area contributed by atoms with E-state index in [0.717, 1.165) is 41.9 Å². The number of rotatable bonds is 9. The van der Waals surface area contributed by atoms with E-state index in [9.17, 15) is 4.79 Å². The quantitative estimate of drug-likeness (QED) is 0.422. The summed E-state index contributed by atoms with van der Waals surface area (Å²) in [6.45, 7) is 0.875. The van der Waals surface area contributed by atoms with Gasteiger partial charge in [0.25, 0.3) is 0 Å². The summed E-state index contributed by atoms with van der Waals surface area (Å²) in [5, 5.41) is 8.89. The fourth-order valence-corrected chi connectivity index (χ4v) is 3.55. The Morgan fingerprint density at radius 3 is 3.00 bits per heavy atom. The number of carbonyl (C=O) groups is 1. The topological polar surface area (TPSA) is 86.5 Å². The van der Waals surface area contributed by atoms with Crippen molar-refractivity contribution in [1.82, 2.24) is 15.5 Å². The summed E-state index contributed by atoms with van der Waals surface area (Å²) in [6.07, 6.45) is 6.85. The lowest BCUT2D eigenvalue weighted by atomic mass is 10.2. The number of aryl methyl sites for hydroxylation is 1. The van der Waals surface area contributed by atoms with Gasteiger partial charge in [0.1, 0.15) is 0 Å². The summed E-state index contributed by atoms with van der Waals surface area (Å²) >= 11 is 1.59. The number of hydrogen-bond acceptors (Lipinski definition) is 7. The van der Waals surface area contributed by atoms with Crippen LogP contribution in [-0.2, 0) is 11.2 Å². The molecule has 8 heteroatoms. The van der Waals surface area contributed by atoms with Crippen molar-refractivity contribution in [2.45, 2.75) is 25.7 Å². The van der Waals surface area contributed by atoms with Crippen molar-refractivity contribution in [3.63, 3.8) is 0 Å². The highest BCUT2D eigenvalue weighted by Gasteiger charge is 2.12. The lowest BCUT2D eigenvalue weighted by molar-refractivity contribution is -0.116. The smallest absolute Gasteiger partial charge is 0.243 e. The third kappa shape index (κ3) is 5.23. The van der Waals surface area contributed by atoms with E-state index >= 15 is 0 Å². The van der Waals surface area contributed by atoms with Crippen molar-refractivity contribution in [3.05, 3.63) is 53.2 Å². The van der Waals surface area contributed by atoms with Crippen LogP contribution >= 0.6 is 11.3 Å². The molecule has 1 N–H and O–H groups in total. The van der Waals surface area contributed by atoms with Crippen LogP contribution in [0.5, 0.6) is 11.5 Å². The second kappa shape index (κ2) is 9.38. The molecule has 150 valence electrons. The highest BCUT2D eigenvalue weighted by molar-refractivity contribution is 7.13. The molecule has 0 saturated carbocycles. The molecule has 1 aliphatic heterocycles. The number of carbonyl (C=O) groups excluding carboxylic acids is 1. The summed E-state index contributed by atoms with van der Waals surface area (Å²) < 4.78 is 15.9. The Labute approximate surface area is 172 Å². The van der Waals surface area contributed by atoms with Crippen molar-refractivity contribution < 1.29 is 18.8 Å². The van der Waals surface area contributed by atoms with Crippen LogP contribution in [0.15, 0.2) is 46.3 Å². The van der Waals surface area contributed by atoms with Crippen molar-refractivity contribution in [2.24, 2.45) is 0 Å². The van der Waals surface area contributed by atoms with Gasteiger partial charge in [-0.3, -0.25) is 4.79 Å². The lowest BCUT2D eigenvalue weighted by Crippen LogP contribution is -2.21. The molecule has 0 radical (unpaired) electrons. The summed E-state index contributed by atoms with van der Waals surface area (Å²) in [5.41, 5.74) is 0.894. The fraction of sp³-hybridized carbons (Fsp3) is 0.286. The van der Waals surface area contributed by atoms with E-state index in [0.29, 0.717) is 24.0 Å². The van der Waals surface area contributed by atoms with E-state index in [1.165, 1.54) is 6.08 Å². The Balaban J connectivity index is 1.11. The second-order valence-corrected chi connectivity index (χ2v) is 7.48. The maximum atomic E-state index is 11.9. The van der Waals surface area contributed by atoms with Gasteiger partial charge in [-0.1, -0.05) is 23.7 Å². The van der Waals surface area contributed by atoms with Gasteiger partial charge in [0, 0.05) is 19.0 Å². The lowest BCUT2D eigenvalue weighted by Gasteiger charge is -2.02. The number of nitrogens with zero attached hydrogens (tertiary/aromatic N) is 2. The zero-order valence-corrected chi connectivity index (χ0v) is 16.6. The Kier molecular flexibility index (Phi) is 6.21. The molecule has 3 aromatic rings. The molecule has 0 saturated heterocycles. The number of fused-ring (bicyclic) bond motifs is 1. The molecule has 4 rings (SSSR count). The molecular weight excluding hydrogens is 390 g/mol. The molecule has 0 bridgehead atoms. The average molecular weight is 411 g/mol. The summed E-state index contributed by atoms with van der Waals surface area (Å²) in [5.74, 6) is 2.63. The molecule has 1 aliphatic rings. The van der Waals surface area contributed by atoms with E-state index in [2.05, 4.69) is 15.5 Å². The summed E-state index contributed by atoms with van der Waals surface area (Å²) in [4.78, 5) is 17.4. The first-order valence-corrected chi connectivity index (χ1v) is 10.4. The molecule has 0 spiro atoms. The number of benzene rings is 1. The molecule has 0 atom stereocenters. The zero-order chi connectivity index (χ0) is 19.9. The molecule has 1 amide bonds. The highest BCUT2D eigenvalue weighted by atomic mass is 32.1. The van der Waals surface area contributed by atoms with Crippen LogP contribution in [-0.4, -0.2) is 29.4 Å². The first-order valence-electron chi connectivity index (χ1n) is 9.50. The Morgan fingerprint density at radius 1 is 1.17 bits per heavy atom. The maximum Gasteiger partial charge on any atom is 0.243 e. The molecule has 1 aromatic carbocycles. The standard InChI is InChI=1S/C21H21N3O4S/c25-19(10-8-15-7-9-16-17(13-15)27-14-26-16)22-11-3-1-2-6-20-23-21(24-28-20)18-5-4-12-29-18/h4-5,7-10,12-13H,1-3,6,11,14H2,(H,22,25). The van der Waals surface area contributed by atoms with Crippen molar-refractivity contribution in [1.29, 1.82) is 0 Å². The van der Waals surface area contributed by atoms with E-state index in [1.54, 1.807) is 17.4 Å². The van der Waals surface area contributed by atoms with Gasteiger partial charge in [-0.25, -0.2) is 0 Å². The van der Waals surface area contributed by atoms with Crippen LogP contribution in [0.1, 0.15) is 30.7 Å². The van der Waals surface area contributed by atoms with Crippen molar-refractivity contribution in [2.75, 3.05) is 13.3 Å². The fourth-order valence-electron chi connectivity index (χ4n) is 2.90. The number of amides is 1.